The third-order valence-corrected chi connectivity index (χ3v) is 7.13. The number of nitrogens with one attached hydrogen (secondary N) is 2. The van der Waals surface area contributed by atoms with E-state index in [1.807, 2.05) is 0 Å². The lowest BCUT2D eigenvalue weighted by Gasteiger charge is -2.45. The summed E-state index contributed by atoms with van der Waals surface area (Å²) in [7, 11) is 0. The summed E-state index contributed by atoms with van der Waals surface area (Å²) in [5, 5.41) is 0. The minimum Gasteiger partial charge on any atom is -0.253 e. The largest absolute Gasteiger partial charge is 0.253 e. The fourth-order valence-corrected chi connectivity index (χ4v) is 5.57. The summed E-state index contributed by atoms with van der Waals surface area (Å²) in [6.07, 6.45) is 4.09. The summed E-state index contributed by atoms with van der Waals surface area (Å²) in [5.41, 5.74) is 9.66. The van der Waals surface area contributed by atoms with Gasteiger partial charge in [-0.3, -0.25) is 10.9 Å². The maximum absolute atomic E-state index is 3.71. The first kappa shape index (κ1) is 12.8. The van der Waals surface area contributed by atoms with Crippen LogP contribution in [0.15, 0.2) is 30.3 Å². The van der Waals surface area contributed by atoms with Crippen LogP contribution in [0.3, 0.4) is 0 Å². The molecule has 108 valence electrons. The van der Waals surface area contributed by atoms with E-state index in [0.717, 1.165) is 11.8 Å². The molecule has 1 aromatic carbocycles. The highest BCUT2D eigenvalue weighted by molar-refractivity contribution is 5.23. The average molecular weight is 270 g/mol. The molecule has 2 heteroatoms. The Balaban J connectivity index is 1.63. The summed E-state index contributed by atoms with van der Waals surface area (Å²) in [6.45, 7) is 7.51. The van der Waals surface area contributed by atoms with E-state index in [1.165, 1.54) is 24.8 Å². The fraction of sp³-hybridized carbons (Fsp3) is 0.667. The Bertz CT molecular complexity index is 509. The van der Waals surface area contributed by atoms with Gasteiger partial charge in [0.2, 0.25) is 0 Å². The van der Waals surface area contributed by atoms with Crippen LogP contribution in [0, 0.1) is 22.7 Å². The molecule has 4 rings (SSSR count). The molecular weight excluding hydrogens is 244 g/mol. The zero-order chi connectivity index (χ0) is 14.0. The molecule has 3 aliphatic rings. The zero-order valence-electron chi connectivity index (χ0n) is 12.8. The van der Waals surface area contributed by atoms with Crippen LogP contribution in [-0.2, 0) is 0 Å². The first-order chi connectivity index (χ1) is 9.54. The fourth-order valence-electron chi connectivity index (χ4n) is 5.57. The van der Waals surface area contributed by atoms with Crippen LogP contribution in [0.25, 0.3) is 0 Å². The van der Waals surface area contributed by atoms with Gasteiger partial charge in [-0.1, -0.05) is 51.1 Å². The van der Waals surface area contributed by atoms with Gasteiger partial charge in [0.05, 0.1) is 0 Å². The van der Waals surface area contributed by atoms with Gasteiger partial charge in [0.15, 0.2) is 0 Å². The Morgan fingerprint density at radius 3 is 2.55 bits per heavy atom. The maximum Gasteiger partial charge on any atom is 0.0465 e. The van der Waals surface area contributed by atoms with Crippen molar-refractivity contribution in [3.05, 3.63) is 35.9 Å². The lowest BCUT2D eigenvalue weighted by Crippen LogP contribution is -2.57. The van der Waals surface area contributed by atoms with E-state index in [2.05, 4.69) is 62.0 Å². The average Bonchev–Trinajstić information content (AvgIpc) is 2.79. The Morgan fingerprint density at radius 1 is 1.05 bits per heavy atom. The van der Waals surface area contributed by atoms with Crippen molar-refractivity contribution in [2.24, 2.45) is 22.7 Å². The molecule has 0 radical (unpaired) electrons. The molecule has 2 bridgehead atoms. The summed E-state index contributed by atoms with van der Waals surface area (Å²) in [5.74, 6) is 1.72. The Hall–Kier alpha value is -0.860. The number of fused-ring (bicyclic) bond motifs is 5. The van der Waals surface area contributed by atoms with E-state index in [0.29, 0.717) is 22.9 Å². The molecular formula is C18H26N2. The van der Waals surface area contributed by atoms with E-state index < -0.39 is 0 Å². The molecule has 20 heavy (non-hydrogen) atoms. The number of benzene rings is 1. The Labute approximate surface area is 122 Å². The highest BCUT2D eigenvalue weighted by Crippen LogP contribution is 2.69. The molecule has 0 spiro atoms. The van der Waals surface area contributed by atoms with Gasteiger partial charge in [0.25, 0.3) is 0 Å². The highest BCUT2D eigenvalue weighted by Gasteiger charge is 2.66. The molecule has 1 saturated heterocycles. The summed E-state index contributed by atoms with van der Waals surface area (Å²) in [4.78, 5) is 0. The first-order valence-electron chi connectivity index (χ1n) is 8.10. The minimum atomic E-state index is 0.455. The number of hydrogen-bond donors (Lipinski definition) is 2. The van der Waals surface area contributed by atoms with Crippen molar-refractivity contribution < 1.29 is 0 Å². The molecule has 0 aromatic heterocycles. The lowest BCUT2D eigenvalue weighted by atomic mass is 9.69. The van der Waals surface area contributed by atoms with Crippen molar-refractivity contribution in [3.8, 4) is 0 Å². The van der Waals surface area contributed by atoms with Crippen LogP contribution in [0.4, 0.5) is 0 Å². The van der Waals surface area contributed by atoms with Crippen LogP contribution in [0.5, 0.6) is 0 Å². The molecule has 2 nitrogen and oxygen atoms in total. The highest BCUT2D eigenvalue weighted by atomic mass is 15.4. The Morgan fingerprint density at radius 2 is 1.80 bits per heavy atom. The van der Waals surface area contributed by atoms with Crippen molar-refractivity contribution in [1.29, 1.82) is 0 Å². The molecule has 3 fully saturated rings. The van der Waals surface area contributed by atoms with Gasteiger partial charge in [0, 0.05) is 12.1 Å². The molecule has 5 atom stereocenters. The monoisotopic (exact) mass is 270 g/mol. The van der Waals surface area contributed by atoms with E-state index in [-0.39, 0.29) is 0 Å². The van der Waals surface area contributed by atoms with Crippen molar-refractivity contribution in [2.75, 3.05) is 0 Å². The van der Waals surface area contributed by atoms with E-state index in [1.54, 1.807) is 0 Å². The second-order valence-corrected chi connectivity index (χ2v) is 7.91. The molecule has 1 aromatic rings. The maximum atomic E-state index is 3.71. The van der Waals surface area contributed by atoms with Gasteiger partial charge < -0.3 is 0 Å². The van der Waals surface area contributed by atoms with Crippen LogP contribution in [0.1, 0.15) is 51.6 Å². The van der Waals surface area contributed by atoms with Gasteiger partial charge >= 0.3 is 0 Å². The number of rotatable bonds is 1. The second-order valence-electron chi connectivity index (χ2n) is 7.91. The predicted molar refractivity (Wildman–Crippen MR) is 82.0 cm³/mol. The van der Waals surface area contributed by atoms with Gasteiger partial charge in [-0.05, 0) is 47.5 Å². The SMILES string of the molecule is CC1(C)[C@H]2CC[C@@]1(C)C1NNC(c3ccccc3)CC12. The predicted octanol–water partition coefficient (Wildman–Crippen LogP) is 3.67. The quantitative estimate of drug-likeness (QED) is 0.813. The van der Waals surface area contributed by atoms with Crippen LogP contribution >= 0.6 is 0 Å². The van der Waals surface area contributed by atoms with Gasteiger partial charge in [0.1, 0.15) is 0 Å². The van der Waals surface area contributed by atoms with Gasteiger partial charge in [-0.25, -0.2) is 0 Å². The van der Waals surface area contributed by atoms with Crippen molar-refractivity contribution >= 4 is 0 Å². The van der Waals surface area contributed by atoms with Crippen molar-refractivity contribution in [3.63, 3.8) is 0 Å². The summed E-state index contributed by atoms with van der Waals surface area (Å²) < 4.78 is 0. The normalized spacial score (nSPS) is 45.4. The van der Waals surface area contributed by atoms with Gasteiger partial charge in [-0.15, -0.1) is 0 Å². The molecule has 2 N–H and O–H groups in total. The summed E-state index contributed by atoms with van der Waals surface area (Å²) in [6, 6.07) is 12.0. The van der Waals surface area contributed by atoms with E-state index >= 15 is 0 Å². The number of hydrazine groups is 1. The standard InChI is InChI=1S/C18H26N2/c1-17(2)14-9-10-18(17,3)16-13(14)11-15(19-20-16)12-7-5-4-6-8-12/h4-8,13-16,19-20H,9-11H2,1-3H3/t13?,14-,15?,16?,18-/m0/s1. The topological polar surface area (TPSA) is 24.1 Å². The molecule has 1 aliphatic heterocycles. The second kappa shape index (κ2) is 4.08. The third-order valence-electron chi connectivity index (χ3n) is 7.13. The molecule has 3 unspecified atom stereocenters. The van der Waals surface area contributed by atoms with E-state index in [4.69, 9.17) is 0 Å². The zero-order valence-corrected chi connectivity index (χ0v) is 12.8. The van der Waals surface area contributed by atoms with E-state index in [9.17, 15) is 0 Å². The van der Waals surface area contributed by atoms with Crippen LogP contribution in [-0.4, -0.2) is 6.04 Å². The van der Waals surface area contributed by atoms with Gasteiger partial charge in [-0.2, -0.15) is 0 Å². The van der Waals surface area contributed by atoms with Crippen LogP contribution < -0.4 is 10.9 Å². The smallest absolute Gasteiger partial charge is 0.0465 e. The molecule has 0 amide bonds. The minimum absolute atomic E-state index is 0.455. The lowest BCUT2D eigenvalue weighted by molar-refractivity contribution is 0.0805. The molecule has 2 aliphatic carbocycles. The van der Waals surface area contributed by atoms with Crippen molar-refractivity contribution in [2.45, 2.75) is 52.1 Å². The van der Waals surface area contributed by atoms with Crippen LogP contribution in [0.2, 0.25) is 0 Å². The summed E-state index contributed by atoms with van der Waals surface area (Å²) >= 11 is 0. The van der Waals surface area contributed by atoms with Crippen molar-refractivity contribution in [1.82, 2.24) is 10.9 Å². The molecule has 1 heterocycles. The Kier molecular flexibility index (Phi) is 2.62. The third kappa shape index (κ3) is 1.47. The number of hydrogen-bond acceptors (Lipinski definition) is 2. The first-order valence-corrected chi connectivity index (χ1v) is 8.10. The molecule has 2 saturated carbocycles.